The molecule has 2 aliphatic heterocycles. The first-order chi connectivity index (χ1) is 16.5. The molecule has 0 aromatic carbocycles. The van der Waals surface area contributed by atoms with Gasteiger partial charge in [-0.05, 0) is 36.1 Å². The smallest absolute Gasteiger partial charge is 0.475 e. The van der Waals surface area contributed by atoms with E-state index in [9.17, 15) is 22.8 Å². The van der Waals surface area contributed by atoms with E-state index in [4.69, 9.17) is 9.90 Å². The van der Waals surface area contributed by atoms with Crippen LogP contribution in [-0.2, 0) is 17.3 Å². The lowest BCUT2D eigenvalue weighted by molar-refractivity contribution is -0.192. The molecular weight excluding hydrogens is 487 g/mol. The Balaban J connectivity index is 0.000000364. The normalized spacial score (nSPS) is 18.9. The number of aromatic nitrogens is 3. The Labute approximate surface area is 201 Å². The molecule has 5 heterocycles. The monoisotopic (exact) mass is 507 g/mol. The Kier molecular flexibility index (Phi) is 6.36. The number of likely N-dealkylation sites (tertiary alicyclic amines) is 1. The number of aryl methyl sites for hydroxylation is 1. The summed E-state index contributed by atoms with van der Waals surface area (Å²) in [5.41, 5.74) is 2.58. The maximum absolute atomic E-state index is 13.1. The quantitative estimate of drug-likeness (QED) is 0.572. The van der Waals surface area contributed by atoms with Crippen molar-refractivity contribution in [1.29, 1.82) is 0 Å². The van der Waals surface area contributed by atoms with E-state index >= 15 is 0 Å². The van der Waals surface area contributed by atoms with Gasteiger partial charge < -0.3 is 14.9 Å². The van der Waals surface area contributed by atoms with Crippen LogP contribution in [0, 0.1) is 0 Å². The van der Waals surface area contributed by atoms with Gasteiger partial charge in [0.05, 0.1) is 22.4 Å². The molecule has 35 heavy (non-hydrogen) atoms. The molecule has 9 nitrogen and oxygen atoms in total. The van der Waals surface area contributed by atoms with Gasteiger partial charge in [0.2, 0.25) is 0 Å². The van der Waals surface area contributed by atoms with Crippen LogP contribution in [0.3, 0.4) is 0 Å². The minimum absolute atomic E-state index is 0.0122. The van der Waals surface area contributed by atoms with E-state index in [1.807, 2.05) is 38.8 Å². The number of carboxylic acids is 1. The molecule has 1 spiro atoms. The number of amides is 2. The number of fused-ring (bicyclic) bond motifs is 2. The summed E-state index contributed by atoms with van der Waals surface area (Å²) < 4.78 is 33.4. The molecule has 13 heteroatoms. The highest BCUT2D eigenvalue weighted by Crippen LogP contribution is 2.45. The second-order valence-corrected chi connectivity index (χ2v) is 8.99. The fourth-order valence-corrected chi connectivity index (χ4v) is 4.90. The Bertz CT molecular complexity index is 1260. The van der Waals surface area contributed by atoms with Gasteiger partial charge in [0.1, 0.15) is 5.69 Å². The summed E-state index contributed by atoms with van der Waals surface area (Å²) in [6.45, 7) is 1.71. The number of anilines is 1. The van der Waals surface area contributed by atoms with Gasteiger partial charge in [-0.2, -0.15) is 29.6 Å². The molecule has 0 bridgehead atoms. The number of hydrogen-bond acceptors (Lipinski definition) is 6. The lowest BCUT2D eigenvalue weighted by Gasteiger charge is -2.24. The Hall–Kier alpha value is -3.74. The third kappa shape index (κ3) is 4.76. The first-order valence-corrected chi connectivity index (χ1v) is 11.3. The summed E-state index contributed by atoms with van der Waals surface area (Å²) in [5, 5.41) is 15.1. The zero-order valence-electron chi connectivity index (χ0n) is 18.4. The van der Waals surface area contributed by atoms with Crippen LogP contribution >= 0.6 is 11.3 Å². The molecule has 1 fully saturated rings. The fourth-order valence-electron chi connectivity index (χ4n) is 4.27. The van der Waals surface area contributed by atoms with Crippen molar-refractivity contribution in [2.75, 3.05) is 24.5 Å². The zero-order chi connectivity index (χ0) is 25.4. The predicted molar refractivity (Wildman–Crippen MR) is 119 cm³/mol. The van der Waals surface area contributed by atoms with Crippen molar-refractivity contribution in [3.05, 3.63) is 64.4 Å². The minimum atomic E-state index is -5.08. The van der Waals surface area contributed by atoms with Crippen LogP contribution in [0.15, 0.2) is 47.4 Å². The van der Waals surface area contributed by atoms with Crippen molar-refractivity contribution in [2.45, 2.75) is 18.0 Å². The molecule has 0 aliphatic carbocycles. The number of nitrogens with zero attached hydrogens (tertiary/aromatic N) is 5. The van der Waals surface area contributed by atoms with E-state index in [2.05, 4.69) is 10.1 Å². The highest BCUT2D eigenvalue weighted by atomic mass is 32.1. The van der Waals surface area contributed by atoms with E-state index in [1.54, 1.807) is 30.2 Å². The number of halogens is 3. The van der Waals surface area contributed by atoms with Crippen molar-refractivity contribution in [2.24, 2.45) is 7.05 Å². The first kappa shape index (κ1) is 24.4. The Morgan fingerprint density at radius 2 is 1.89 bits per heavy atom. The number of rotatable bonds is 2. The number of aliphatic carboxylic acids is 1. The molecule has 0 saturated carbocycles. The Morgan fingerprint density at radius 3 is 2.49 bits per heavy atom. The largest absolute Gasteiger partial charge is 0.490 e. The van der Waals surface area contributed by atoms with Crippen molar-refractivity contribution < 1.29 is 32.7 Å². The summed E-state index contributed by atoms with van der Waals surface area (Å²) in [6.07, 6.45) is -0.766. The van der Waals surface area contributed by atoms with Gasteiger partial charge >= 0.3 is 12.1 Å². The lowest BCUT2D eigenvalue weighted by atomic mass is 9.85. The van der Waals surface area contributed by atoms with Crippen LogP contribution in [0.25, 0.3) is 0 Å². The molecule has 1 saturated heterocycles. The van der Waals surface area contributed by atoms with Gasteiger partial charge in [-0.15, -0.1) is 0 Å². The van der Waals surface area contributed by atoms with Crippen LogP contribution < -0.4 is 4.90 Å². The topological polar surface area (TPSA) is 109 Å². The van der Waals surface area contributed by atoms with Gasteiger partial charge in [0.15, 0.2) is 0 Å². The summed E-state index contributed by atoms with van der Waals surface area (Å²) in [4.78, 5) is 43.1. The van der Waals surface area contributed by atoms with Crippen molar-refractivity contribution >= 4 is 34.8 Å². The zero-order valence-corrected chi connectivity index (χ0v) is 19.2. The molecule has 1 atom stereocenters. The number of carbonyl (C=O) groups is 3. The van der Waals surface area contributed by atoms with Gasteiger partial charge in [-0.25, -0.2) is 4.79 Å². The van der Waals surface area contributed by atoms with E-state index in [0.29, 0.717) is 30.9 Å². The molecule has 2 amide bonds. The van der Waals surface area contributed by atoms with Crippen LogP contribution in [0.1, 0.15) is 33.0 Å². The second-order valence-electron chi connectivity index (χ2n) is 8.21. The van der Waals surface area contributed by atoms with Crippen LogP contribution in [0.5, 0.6) is 0 Å². The van der Waals surface area contributed by atoms with E-state index in [0.717, 1.165) is 17.8 Å². The molecule has 3 aromatic rings. The van der Waals surface area contributed by atoms with E-state index < -0.39 is 12.1 Å². The van der Waals surface area contributed by atoms with Crippen molar-refractivity contribution in [3.8, 4) is 0 Å². The SMILES string of the molecule is Cn1ccc(C(=O)N2CCC3(C2)CN(C(=O)c2ccsc2)c2cccnc23)n1.O=C(O)C(F)(F)F. The number of carboxylic acid groups (broad SMARTS) is 1. The highest BCUT2D eigenvalue weighted by molar-refractivity contribution is 7.08. The maximum Gasteiger partial charge on any atom is 0.490 e. The molecular formula is C22H20F3N5O4S. The van der Waals surface area contributed by atoms with Crippen LogP contribution in [0.2, 0.25) is 0 Å². The van der Waals surface area contributed by atoms with E-state index in [-0.39, 0.29) is 17.2 Å². The van der Waals surface area contributed by atoms with Gasteiger partial charge in [-0.3, -0.25) is 19.3 Å². The second kappa shape index (κ2) is 9.13. The minimum Gasteiger partial charge on any atom is -0.475 e. The molecule has 184 valence electrons. The van der Waals surface area contributed by atoms with Gasteiger partial charge in [0, 0.05) is 44.5 Å². The summed E-state index contributed by atoms with van der Waals surface area (Å²) in [7, 11) is 1.80. The van der Waals surface area contributed by atoms with Gasteiger partial charge in [-0.1, -0.05) is 0 Å². The number of pyridine rings is 1. The molecule has 3 aromatic heterocycles. The van der Waals surface area contributed by atoms with Crippen LogP contribution in [0.4, 0.5) is 18.9 Å². The van der Waals surface area contributed by atoms with E-state index in [1.165, 1.54) is 11.3 Å². The average molecular weight is 507 g/mol. The molecule has 1 N–H and O–H groups in total. The fraction of sp³-hybridized carbons (Fsp3) is 0.318. The standard InChI is InChI=1S/C20H19N5O2S.C2HF3O2/c1-23-8-4-15(22-23)19(27)24-9-6-20(12-24)13-25(16-3-2-7-21-17(16)20)18(26)14-5-10-28-11-14;3-2(4,5)1(6)7/h2-5,7-8,10-11H,6,9,12-13H2,1H3;(H,6,7). The Morgan fingerprint density at radius 1 is 1.14 bits per heavy atom. The summed E-state index contributed by atoms with van der Waals surface area (Å²) in [5.74, 6) is -2.84. The number of hydrogen-bond donors (Lipinski definition) is 1. The third-order valence-electron chi connectivity index (χ3n) is 5.87. The lowest BCUT2D eigenvalue weighted by Crippen LogP contribution is -2.40. The molecule has 1 unspecified atom stereocenters. The number of carbonyl (C=O) groups excluding carboxylic acids is 2. The van der Waals surface area contributed by atoms with Crippen LogP contribution in [-0.4, -0.2) is 68.4 Å². The number of thiophene rings is 1. The molecule has 5 rings (SSSR count). The summed E-state index contributed by atoms with van der Waals surface area (Å²) >= 11 is 1.51. The predicted octanol–water partition coefficient (Wildman–Crippen LogP) is 2.95. The molecule has 2 aliphatic rings. The summed E-state index contributed by atoms with van der Waals surface area (Å²) in [6, 6.07) is 7.39. The van der Waals surface area contributed by atoms with Crippen molar-refractivity contribution in [1.82, 2.24) is 19.7 Å². The van der Waals surface area contributed by atoms with Gasteiger partial charge in [0.25, 0.3) is 11.8 Å². The number of alkyl halides is 3. The third-order valence-corrected chi connectivity index (χ3v) is 6.55. The molecule has 0 radical (unpaired) electrons. The first-order valence-electron chi connectivity index (χ1n) is 10.4. The average Bonchev–Trinajstić information content (AvgIpc) is 3.61. The highest BCUT2D eigenvalue weighted by Gasteiger charge is 2.51. The van der Waals surface area contributed by atoms with Crippen molar-refractivity contribution in [3.63, 3.8) is 0 Å². The maximum atomic E-state index is 13.1.